The second kappa shape index (κ2) is 9.36. The van der Waals surface area contributed by atoms with Crippen LogP contribution in [0.4, 0.5) is 0 Å². The first-order valence-corrected chi connectivity index (χ1v) is 12.3. The number of halogens is 1. The van der Waals surface area contributed by atoms with E-state index in [4.69, 9.17) is 28.6 Å². The van der Waals surface area contributed by atoms with Gasteiger partial charge in [-0.3, -0.25) is 4.79 Å². The van der Waals surface area contributed by atoms with Crippen molar-refractivity contribution in [2.45, 2.75) is 43.7 Å². The van der Waals surface area contributed by atoms with Crippen molar-refractivity contribution < 1.29 is 9.53 Å². The number of hydrogen-bond acceptors (Lipinski definition) is 6. The molecule has 9 heteroatoms. The van der Waals surface area contributed by atoms with Crippen molar-refractivity contribution in [1.29, 1.82) is 0 Å². The summed E-state index contributed by atoms with van der Waals surface area (Å²) < 4.78 is 11.1. The summed E-state index contributed by atoms with van der Waals surface area (Å²) in [5.41, 5.74) is 3.74. The van der Waals surface area contributed by atoms with Gasteiger partial charge in [-0.1, -0.05) is 34.7 Å². The summed E-state index contributed by atoms with van der Waals surface area (Å²) in [4.78, 5) is 12.9. The van der Waals surface area contributed by atoms with Crippen LogP contribution in [0.15, 0.2) is 34.7 Å². The van der Waals surface area contributed by atoms with Gasteiger partial charge >= 0.3 is 0 Å². The van der Waals surface area contributed by atoms with E-state index in [1.54, 1.807) is 16.8 Å². The smallest absolute Gasteiger partial charge is 0.184 e. The highest BCUT2D eigenvalue weighted by atomic mass is 35.5. The lowest BCUT2D eigenvalue weighted by molar-refractivity contribution is 0.0957. The number of Topliss-reactive ketones (excluding diaryl/α,β-unsaturated/α-hetero) is 1. The zero-order valence-corrected chi connectivity index (χ0v) is 20.0. The molecule has 1 aliphatic heterocycles. The summed E-state index contributed by atoms with van der Waals surface area (Å²) in [6.45, 7) is 5.70. The molecule has 0 N–H and O–H groups in total. The Labute approximate surface area is 194 Å². The highest BCUT2D eigenvalue weighted by Crippen LogP contribution is 2.27. The van der Waals surface area contributed by atoms with E-state index in [-0.39, 0.29) is 11.9 Å². The Morgan fingerprint density at radius 3 is 2.83 bits per heavy atom. The topological polar surface area (TPSA) is 49.0 Å². The summed E-state index contributed by atoms with van der Waals surface area (Å²) >= 11 is 14.2. The van der Waals surface area contributed by atoms with E-state index in [0.717, 1.165) is 53.0 Å². The minimum absolute atomic E-state index is 0.103. The van der Waals surface area contributed by atoms with E-state index < -0.39 is 0 Å². The number of thioether (sulfide) groups is 1. The number of rotatable bonds is 7. The van der Waals surface area contributed by atoms with Gasteiger partial charge in [-0.2, -0.15) is 0 Å². The molecular weight excluding hydrogens is 458 g/mol. The van der Waals surface area contributed by atoms with Gasteiger partial charge in [0, 0.05) is 35.1 Å². The number of aryl methyl sites for hydroxylation is 1. The number of ketones is 1. The van der Waals surface area contributed by atoms with Gasteiger partial charge in [0.2, 0.25) is 0 Å². The fraction of sp³-hybridized carbons (Fsp3) is 0.381. The van der Waals surface area contributed by atoms with Crippen molar-refractivity contribution in [2.75, 3.05) is 12.4 Å². The fourth-order valence-electron chi connectivity index (χ4n) is 3.63. The van der Waals surface area contributed by atoms with Gasteiger partial charge in [0.15, 0.2) is 14.1 Å². The molecule has 158 valence electrons. The Hall–Kier alpha value is -1.45. The van der Waals surface area contributed by atoms with Crippen LogP contribution in [0.3, 0.4) is 0 Å². The molecule has 2 aromatic heterocycles. The van der Waals surface area contributed by atoms with Crippen molar-refractivity contribution in [3.05, 3.63) is 56.3 Å². The fourth-order valence-corrected chi connectivity index (χ4v) is 6.00. The molecule has 30 heavy (non-hydrogen) atoms. The molecular formula is C21H22ClN3O2S3. The molecule has 1 saturated heterocycles. The molecule has 0 spiro atoms. The third kappa shape index (κ3) is 4.73. The average molecular weight is 480 g/mol. The first-order chi connectivity index (χ1) is 14.4. The number of benzene rings is 1. The second-order valence-electron chi connectivity index (χ2n) is 7.26. The predicted molar refractivity (Wildman–Crippen MR) is 125 cm³/mol. The third-order valence-electron chi connectivity index (χ3n) is 5.21. The number of carbonyl (C=O) groups excluding carboxylic acids is 1. The monoisotopic (exact) mass is 479 g/mol. The SMILES string of the molecule is Cc1cc(C(=O)CSc2nn(-c3ccc(Cl)cc3)c(=S)s2)c(C)n1C[C@H]1CCCO1. The quantitative estimate of drug-likeness (QED) is 0.240. The van der Waals surface area contributed by atoms with Crippen molar-refractivity contribution in [3.8, 4) is 5.69 Å². The minimum atomic E-state index is 0.103. The highest BCUT2D eigenvalue weighted by molar-refractivity contribution is 8.01. The zero-order valence-electron chi connectivity index (χ0n) is 16.8. The lowest BCUT2D eigenvalue weighted by Gasteiger charge is -2.14. The maximum absolute atomic E-state index is 12.9. The molecule has 5 nitrogen and oxygen atoms in total. The number of aromatic nitrogens is 3. The molecule has 0 unspecified atom stereocenters. The summed E-state index contributed by atoms with van der Waals surface area (Å²) in [7, 11) is 0. The van der Waals surface area contributed by atoms with Crippen LogP contribution in [-0.4, -0.2) is 38.6 Å². The van der Waals surface area contributed by atoms with E-state index >= 15 is 0 Å². The maximum atomic E-state index is 12.9. The van der Waals surface area contributed by atoms with E-state index in [9.17, 15) is 4.79 Å². The van der Waals surface area contributed by atoms with Gasteiger partial charge in [-0.05, 0) is 69.2 Å². The summed E-state index contributed by atoms with van der Waals surface area (Å²) in [6.07, 6.45) is 2.44. The minimum Gasteiger partial charge on any atom is -0.376 e. The maximum Gasteiger partial charge on any atom is 0.184 e. The van der Waals surface area contributed by atoms with Crippen LogP contribution in [0.1, 0.15) is 34.6 Å². The van der Waals surface area contributed by atoms with Crippen LogP contribution in [0.2, 0.25) is 5.02 Å². The van der Waals surface area contributed by atoms with Crippen molar-refractivity contribution in [3.63, 3.8) is 0 Å². The number of nitrogens with zero attached hydrogens (tertiary/aromatic N) is 3. The third-order valence-corrected chi connectivity index (χ3v) is 7.83. The standard InChI is InChI=1S/C21H22ClN3O2S3/c1-13-10-18(14(2)24(13)11-17-4-3-9-27-17)19(26)12-29-20-23-25(21(28)30-20)16-7-5-15(22)6-8-16/h5-8,10,17H,3-4,9,11-12H2,1-2H3/t17-/m1/s1. The van der Waals surface area contributed by atoms with E-state index in [1.165, 1.54) is 23.1 Å². The Balaban J connectivity index is 1.44. The molecule has 1 fully saturated rings. The van der Waals surface area contributed by atoms with Gasteiger partial charge in [-0.15, -0.1) is 5.10 Å². The molecule has 3 aromatic rings. The van der Waals surface area contributed by atoms with Crippen molar-refractivity contribution in [2.24, 2.45) is 0 Å². The zero-order chi connectivity index (χ0) is 21.3. The molecule has 0 amide bonds. The molecule has 0 saturated carbocycles. The van der Waals surface area contributed by atoms with Crippen LogP contribution in [0.5, 0.6) is 0 Å². The van der Waals surface area contributed by atoms with Crippen LogP contribution in [0, 0.1) is 17.8 Å². The molecule has 4 rings (SSSR count). The number of carbonyl (C=O) groups is 1. The Kier molecular flexibility index (Phi) is 6.79. The predicted octanol–water partition coefficient (Wildman–Crippen LogP) is 5.89. The number of ether oxygens (including phenoxy) is 1. The first kappa shape index (κ1) is 21.8. The molecule has 1 aliphatic rings. The van der Waals surface area contributed by atoms with Gasteiger partial charge in [0.05, 0.1) is 17.5 Å². The van der Waals surface area contributed by atoms with Crippen molar-refractivity contribution in [1.82, 2.24) is 14.3 Å². The van der Waals surface area contributed by atoms with Gasteiger partial charge in [0.25, 0.3) is 0 Å². The van der Waals surface area contributed by atoms with Crippen LogP contribution < -0.4 is 0 Å². The van der Waals surface area contributed by atoms with E-state index in [0.29, 0.717) is 14.7 Å². The molecule has 0 aliphatic carbocycles. The van der Waals surface area contributed by atoms with Gasteiger partial charge < -0.3 is 9.30 Å². The Bertz CT molecular complexity index is 1110. The number of hydrogen-bond donors (Lipinski definition) is 0. The average Bonchev–Trinajstić information content (AvgIpc) is 3.43. The summed E-state index contributed by atoms with van der Waals surface area (Å²) in [6, 6.07) is 9.35. The lowest BCUT2D eigenvalue weighted by atomic mass is 10.2. The Morgan fingerprint density at radius 1 is 1.37 bits per heavy atom. The largest absolute Gasteiger partial charge is 0.376 e. The molecule has 0 bridgehead atoms. The summed E-state index contributed by atoms with van der Waals surface area (Å²) in [5.74, 6) is 0.429. The first-order valence-electron chi connectivity index (χ1n) is 9.73. The van der Waals surface area contributed by atoms with Crippen LogP contribution >= 0.6 is 46.9 Å². The molecule has 0 radical (unpaired) electrons. The Morgan fingerprint density at radius 2 is 2.13 bits per heavy atom. The normalized spacial score (nSPS) is 16.3. The van der Waals surface area contributed by atoms with Gasteiger partial charge in [-0.25, -0.2) is 4.68 Å². The molecule has 1 atom stereocenters. The van der Waals surface area contributed by atoms with E-state index in [1.807, 2.05) is 32.0 Å². The second-order valence-corrected chi connectivity index (χ2v) is 10.5. The van der Waals surface area contributed by atoms with Crippen LogP contribution in [0.25, 0.3) is 5.69 Å². The summed E-state index contributed by atoms with van der Waals surface area (Å²) in [5, 5.41) is 5.23. The van der Waals surface area contributed by atoms with Crippen molar-refractivity contribution >= 4 is 52.7 Å². The van der Waals surface area contributed by atoms with E-state index in [2.05, 4.69) is 9.67 Å². The molecule has 3 heterocycles. The lowest BCUT2D eigenvalue weighted by Crippen LogP contribution is -2.17. The molecule has 1 aromatic carbocycles. The van der Waals surface area contributed by atoms with Crippen LogP contribution in [-0.2, 0) is 11.3 Å². The highest BCUT2D eigenvalue weighted by Gasteiger charge is 2.21. The van der Waals surface area contributed by atoms with Gasteiger partial charge in [0.1, 0.15) is 0 Å².